The number of unbranched alkanes of at least 4 members (excludes halogenated alkanes) is 2. The van der Waals surface area contributed by atoms with Gasteiger partial charge < -0.3 is 4.79 Å². The van der Waals surface area contributed by atoms with Gasteiger partial charge in [0.25, 0.3) is 5.91 Å². The maximum Gasteiger partial charge on any atom is 0.274 e. The van der Waals surface area contributed by atoms with E-state index in [1.54, 1.807) is 6.92 Å². The minimum atomic E-state index is -0.222. The quantitative estimate of drug-likeness (QED) is 0.586. The smallest absolute Gasteiger partial charge is 0.274 e. The molecule has 0 aliphatic carbocycles. The van der Waals surface area contributed by atoms with Crippen LogP contribution >= 0.6 is 0 Å². The summed E-state index contributed by atoms with van der Waals surface area (Å²) in [6, 6.07) is 5.68. The highest BCUT2D eigenvalue weighted by molar-refractivity contribution is 5.93. The number of hydrogen-bond donors (Lipinski definition) is 1. The number of hydroxylamine groups is 1. The molecule has 1 rings (SSSR count). The van der Waals surface area contributed by atoms with Gasteiger partial charge in [0, 0.05) is 12.0 Å². The van der Waals surface area contributed by atoms with Crippen molar-refractivity contribution in [2.45, 2.75) is 46.5 Å². The predicted molar refractivity (Wildman–Crippen MR) is 78.5 cm³/mol. The fraction of sp³-hybridized carbons (Fsp3) is 0.500. The third kappa shape index (κ3) is 6.48. The molecule has 0 saturated heterocycles. The van der Waals surface area contributed by atoms with Crippen LogP contribution in [0.5, 0.6) is 0 Å². The molecule has 1 aromatic rings. The lowest BCUT2D eigenvalue weighted by Crippen LogP contribution is -2.24. The average Bonchev–Trinajstić information content (AvgIpc) is 2.35. The number of amides is 1. The Balaban J connectivity index is 2.21. The van der Waals surface area contributed by atoms with Crippen LogP contribution in [0.3, 0.4) is 0 Å². The Morgan fingerprint density at radius 2 is 1.70 bits per heavy atom. The monoisotopic (exact) mass is 277 g/mol. The molecule has 0 radical (unpaired) electrons. The zero-order chi connectivity index (χ0) is 15.0. The molecule has 0 fully saturated rings. The normalized spacial score (nSPS) is 10.3. The molecule has 20 heavy (non-hydrogen) atoms. The van der Waals surface area contributed by atoms with E-state index in [-0.39, 0.29) is 11.7 Å². The van der Waals surface area contributed by atoms with Crippen molar-refractivity contribution in [3.8, 4) is 0 Å². The number of carbonyl (C=O) groups excluding carboxylic acids is 2. The van der Waals surface area contributed by atoms with E-state index in [0.717, 1.165) is 30.4 Å². The lowest BCUT2D eigenvalue weighted by Gasteiger charge is -2.07. The number of carbonyl (C=O) groups is 2. The summed E-state index contributed by atoms with van der Waals surface area (Å²) in [7, 11) is 0. The van der Waals surface area contributed by atoms with Gasteiger partial charge in [-0.3, -0.25) is 9.63 Å². The molecular weight excluding hydrogens is 254 g/mol. The second-order valence-electron chi connectivity index (χ2n) is 5.17. The topological polar surface area (TPSA) is 55.4 Å². The summed E-state index contributed by atoms with van der Waals surface area (Å²) in [6.07, 6.45) is 3.26. The molecule has 0 unspecified atom stereocenters. The minimum Gasteiger partial charge on any atom is -0.300 e. The van der Waals surface area contributed by atoms with Gasteiger partial charge in [-0.1, -0.05) is 23.6 Å². The lowest BCUT2D eigenvalue weighted by atomic mass is 10.1. The minimum absolute atomic E-state index is 0.217. The van der Waals surface area contributed by atoms with Gasteiger partial charge in [-0.15, -0.1) is 0 Å². The molecule has 0 aliphatic rings. The number of hydrogen-bond acceptors (Lipinski definition) is 3. The first-order chi connectivity index (χ1) is 9.49. The van der Waals surface area contributed by atoms with Crippen LogP contribution in [0.15, 0.2) is 18.2 Å². The first-order valence-corrected chi connectivity index (χ1v) is 6.99. The van der Waals surface area contributed by atoms with Crippen LogP contribution in [0.4, 0.5) is 0 Å². The summed E-state index contributed by atoms with van der Waals surface area (Å²) < 4.78 is 0. The maximum atomic E-state index is 11.8. The van der Waals surface area contributed by atoms with Gasteiger partial charge in [-0.05, 0) is 45.7 Å². The van der Waals surface area contributed by atoms with Crippen molar-refractivity contribution < 1.29 is 14.4 Å². The SMILES string of the molecule is CC(=O)CCCCCONC(=O)c1cc(C)cc(C)c1. The Labute approximate surface area is 120 Å². The Morgan fingerprint density at radius 3 is 2.30 bits per heavy atom. The lowest BCUT2D eigenvalue weighted by molar-refractivity contribution is -0.117. The predicted octanol–water partition coefficient (Wildman–Crippen LogP) is 3.11. The molecule has 0 atom stereocenters. The van der Waals surface area contributed by atoms with Crippen LogP contribution in [0.25, 0.3) is 0 Å². The summed E-state index contributed by atoms with van der Waals surface area (Å²) in [5.41, 5.74) is 5.17. The maximum absolute atomic E-state index is 11.8. The molecule has 110 valence electrons. The molecule has 4 heteroatoms. The number of aryl methyl sites for hydroxylation is 2. The molecule has 0 bridgehead atoms. The van der Waals surface area contributed by atoms with E-state index in [1.807, 2.05) is 32.0 Å². The number of Topliss-reactive ketones (excluding diaryl/α,β-unsaturated/α-hetero) is 1. The molecule has 0 heterocycles. The molecule has 1 N–H and O–H groups in total. The highest BCUT2D eigenvalue weighted by atomic mass is 16.6. The third-order valence-electron chi connectivity index (χ3n) is 2.92. The first kappa shape index (κ1) is 16.4. The zero-order valence-electron chi connectivity index (χ0n) is 12.5. The average molecular weight is 277 g/mol. The number of rotatable bonds is 8. The van der Waals surface area contributed by atoms with Gasteiger partial charge >= 0.3 is 0 Å². The largest absolute Gasteiger partial charge is 0.300 e. The van der Waals surface area contributed by atoms with E-state index in [0.29, 0.717) is 18.6 Å². The van der Waals surface area contributed by atoms with Crippen molar-refractivity contribution in [2.75, 3.05) is 6.61 Å². The van der Waals surface area contributed by atoms with Crippen LogP contribution in [-0.4, -0.2) is 18.3 Å². The Kier molecular flexibility index (Phi) is 6.94. The molecular formula is C16H23NO3. The summed E-state index contributed by atoms with van der Waals surface area (Å²) in [5, 5.41) is 0. The van der Waals surface area contributed by atoms with Gasteiger partial charge in [0.1, 0.15) is 5.78 Å². The summed E-state index contributed by atoms with van der Waals surface area (Å²) in [4.78, 5) is 27.7. The van der Waals surface area contributed by atoms with Gasteiger partial charge in [-0.25, -0.2) is 5.48 Å². The van der Waals surface area contributed by atoms with Crippen molar-refractivity contribution in [1.82, 2.24) is 5.48 Å². The second kappa shape index (κ2) is 8.48. The highest BCUT2D eigenvalue weighted by Gasteiger charge is 2.06. The fourth-order valence-corrected chi connectivity index (χ4v) is 2.01. The Morgan fingerprint density at radius 1 is 1.05 bits per heavy atom. The van der Waals surface area contributed by atoms with E-state index in [1.165, 1.54) is 0 Å². The Bertz CT molecular complexity index is 449. The van der Waals surface area contributed by atoms with Crippen molar-refractivity contribution >= 4 is 11.7 Å². The van der Waals surface area contributed by atoms with E-state index >= 15 is 0 Å². The van der Waals surface area contributed by atoms with E-state index in [2.05, 4.69) is 5.48 Å². The summed E-state index contributed by atoms with van der Waals surface area (Å²) in [6.45, 7) is 5.98. The molecule has 0 aliphatic heterocycles. The molecule has 0 aromatic heterocycles. The Hall–Kier alpha value is -1.68. The van der Waals surface area contributed by atoms with Crippen LogP contribution in [0, 0.1) is 13.8 Å². The highest BCUT2D eigenvalue weighted by Crippen LogP contribution is 2.08. The van der Waals surface area contributed by atoms with Gasteiger partial charge in [0.15, 0.2) is 0 Å². The third-order valence-corrected chi connectivity index (χ3v) is 2.92. The van der Waals surface area contributed by atoms with Gasteiger partial charge in [0.2, 0.25) is 0 Å². The first-order valence-electron chi connectivity index (χ1n) is 6.99. The summed E-state index contributed by atoms with van der Waals surface area (Å²) >= 11 is 0. The van der Waals surface area contributed by atoms with Crippen molar-refractivity contribution in [3.63, 3.8) is 0 Å². The van der Waals surface area contributed by atoms with E-state index in [4.69, 9.17) is 4.84 Å². The second-order valence-corrected chi connectivity index (χ2v) is 5.17. The van der Waals surface area contributed by atoms with Crippen molar-refractivity contribution in [3.05, 3.63) is 34.9 Å². The molecule has 1 amide bonds. The summed E-state index contributed by atoms with van der Waals surface area (Å²) in [5.74, 6) is -0.00502. The number of nitrogens with one attached hydrogen (secondary N) is 1. The van der Waals surface area contributed by atoms with Crippen LogP contribution in [-0.2, 0) is 9.63 Å². The van der Waals surface area contributed by atoms with Crippen LogP contribution in [0.1, 0.15) is 54.1 Å². The number of ketones is 1. The van der Waals surface area contributed by atoms with Crippen molar-refractivity contribution in [1.29, 1.82) is 0 Å². The van der Waals surface area contributed by atoms with Crippen LogP contribution in [0.2, 0.25) is 0 Å². The molecule has 0 saturated carbocycles. The van der Waals surface area contributed by atoms with Crippen LogP contribution < -0.4 is 5.48 Å². The van der Waals surface area contributed by atoms with Gasteiger partial charge in [-0.2, -0.15) is 0 Å². The standard InChI is InChI=1S/C16H23NO3/c1-12-9-13(2)11-15(10-12)16(19)17-20-8-6-4-5-7-14(3)18/h9-11H,4-8H2,1-3H3,(H,17,19). The molecule has 4 nitrogen and oxygen atoms in total. The number of benzene rings is 1. The molecule has 0 spiro atoms. The van der Waals surface area contributed by atoms with E-state index < -0.39 is 0 Å². The zero-order valence-corrected chi connectivity index (χ0v) is 12.5. The van der Waals surface area contributed by atoms with Crippen molar-refractivity contribution in [2.24, 2.45) is 0 Å². The molecule has 1 aromatic carbocycles. The fourth-order valence-electron chi connectivity index (χ4n) is 2.01. The van der Waals surface area contributed by atoms with Gasteiger partial charge in [0.05, 0.1) is 6.61 Å². The van der Waals surface area contributed by atoms with E-state index in [9.17, 15) is 9.59 Å².